The van der Waals surface area contributed by atoms with Gasteiger partial charge in [-0.15, -0.1) is 11.3 Å². The summed E-state index contributed by atoms with van der Waals surface area (Å²) in [5.74, 6) is -0.250. The molecule has 0 spiro atoms. The molecule has 1 aliphatic carbocycles. The highest BCUT2D eigenvalue weighted by Gasteiger charge is 2.27. The highest BCUT2D eigenvalue weighted by molar-refractivity contribution is 7.10. The number of nitrogens with zero attached hydrogens (tertiary/aromatic N) is 1. The minimum Gasteiger partial charge on any atom is -0.352 e. The number of nitrogens with one attached hydrogen (secondary N) is 2. The van der Waals surface area contributed by atoms with Crippen LogP contribution < -0.4 is 10.6 Å². The fraction of sp³-hybridized carbons (Fsp3) is 0.533. The van der Waals surface area contributed by atoms with Crippen molar-refractivity contribution in [2.24, 2.45) is 0 Å². The number of rotatable bonds is 5. The van der Waals surface area contributed by atoms with E-state index in [9.17, 15) is 14.4 Å². The zero-order valence-corrected chi connectivity index (χ0v) is 13.1. The Morgan fingerprint density at radius 1 is 1.32 bits per heavy atom. The van der Waals surface area contributed by atoms with Crippen molar-refractivity contribution < 1.29 is 14.4 Å². The molecule has 0 aromatic carbocycles. The molecule has 118 valence electrons. The molecule has 1 saturated heterocycles. The molecule has 6 nitrogen and oxygen atoms in total. The van der Waals surface area contributed by atoms with Gasteiger partial charge in [0.05, 0.1) is 12.1 Å². The molecule has 1 aromatic heterocycles. The molecule has 0 unspecified atom stereocenters. The second-order valence-electron chi connectivity index (χ2n) is 5.57. The van der Waals surface area contributed by atoms with Gasteiger partial charge in [0.2, 0.25) is 5.91 Å². The highest BCUT2D eigenvalue weighted by Crippen LogP contribution is 2.30. The van der Waals surface area contributed by atoms with E-state index in [1.54, 1.807) is 11.3 Å². The van der Waals surface area contributed by atoms with Crippen LogP contribution in [-0.2, 0) is 17.6 Å². The molecule has 4 amide bonds. The molecule has 2 N–H and O–H groups in total. The van der Waals surface area contributed by atoms with E-state index in [4.69, 9.17) is 0 Å². The van der Waals surface area contributed by atoms with Gasteiger partial charge in [-0.2, -0.15) is 0 Å². The van der Waals surface area contributed by atoms with Crippen molar-refractivity contribution in [3.63, 3.8) is 0 Å². The van der Waals surface area contributed by atoms with Crippen molar-refractivity contribution in [2.75, 3.05) is 19.6 Å². The lowest BCUT2D eigenvalue weighted by molar-refractivity contribution is -0.125. The van der Waals surface area contributed by atoms with E-state index in [1.807, 2.05) is 5.38 Å². The monoisotopic (exact) mass is 321 g/mol. The Balaban J connectivity index is 1.48. The first-order valence-electron chi connectivity index (χ1n) is 7.62. The number of imide groups is 1. The van der Waals surface area contributed by atoms with Crippen LogP contribution in [0.15, 0.2) is 5.38 Å². The van der Waals surface area contributed by atoms with E-state index in [-0.39, 0.29) is 24.4 Å². The second kappa shape index (κ2) is 6.48. The Morgan fingerprint density at radius 2 is 2.14 bits per heavy atom. The predicted molar refractivity (Wildman–Crippen MR) is 83.0 cm³/mol. The van der Waals surface area contributed by atoms with Crippen LogP contribution in [0.1, 0.15) is 40.1 Å². The zero-order chi connectivity index (χ0) is 15.5. The lowest BCUT2D eigenvalue weighted by Gasteiger charge is -2.14. The molecule has 0 saturated carbocycles. The number of carbonyl (C=O) groups is 3. The van der Waals surface area contributed by atoms with Crippen LogP contribution in [0.3, 0.4) is 0 Å². The lowest BCUT2D eigenvalue weighted by Crippen LogP contribution is -2.34. The Kier molecular flexibility index (Phi) is 4.42. The van der Waals surface area contributed by atoms with E-state index >= 15 is 0 Å². The van der Waals surface area contributed by atoms with Crippen LogP contribution >= 0.6 is 11.3 Å². The van der Waals surface area contributed by atoms with E-state index in [0.29, 0.717) is 19.5 Å². The molecule has 0 bridgehead atoms. The van der Waals surface area contributed by atoms with Crippen molar-refractivity contribution in [3.05, 3.63) is 21.4 Å². The van der Waals surface area contributed by atoms with Crippen LogP contribution in [-0.4, -0.2) is 42.4 Å². The number of urea groups is 1. The first-order chi connectivity index (χ1) is 10.7. The van der Waals surface area contributed by atoms with Crippen molar-refractivity contribution in [3.8, 4) is 0 Å². The van der Waals surface area contributed by atoms with Crippen LogP contribution in [0.25, 0.3) is 0 Å². The van der Waals surface area contributed by atoms with Gasteiger partial charge in [0, 0.05) is 23.3 Å². The van der Waals surface area contributed by atoms with Gasteiger partial charge in [0.25, 0.3) is 5.91 Å². The molecule has 1 aromatic rings. The molecule has 2 heterocycles. The third-order valence-electron chi connectivity index (χ3n) is 4.09. The smallest absolute Gasteiger partial charge is 0.324 e. The fourth-order valence-corrected chi connectivity index (χ4v) is 4.03. The van der Waals surface area contributed by atoms with Crippen LogP contribution in [0.2, 0.25) is 0 Å². The lowest BCUT2D eigenvalue weighted by atomic mass is 9.96. The zero-order valence-electron chi connectivity index (χ0n) is 12.3. The van der Waals surface area contributed by atoms with Gasteiger partial charge >= 0.3 is 6.03 Å². The topological polar surface area (TPSA) is 78.5 Å². The molecular formula is C15H19N3O3S. The number of hydrogen-bond acceptors (Lipinski definition) is 4. The van der Waals surface area contributed by atoms with Gasteiger partial charge in [-0.3, -0.25) is 14.5 Å². The molecular weight excluding hydrogens is 302 g/mol. The van der Waals surface area contributed by atoms with Gasteiger partial charge in [0.15, 0.2) is 0 Å². The molecule has 0 radical (unpaired) electrons. The second-order valence-corrected chi connectivity index (χ2v) is 6.54. The Bertz CT molecular complexity index is 595. The molecule has 0 atom stereocenters. The summed E-state index contributed by atoms with van der Waals surface area (Å²) < 4.78 is 0. The number of fused-ring (bicyclic) bond motifs is 1. The van der Waals surface area contributed by atoms with E-state index in [2.05, 4.69) is 10.6 Å². The van der Waals surface area contributed by atoms with E-state index < -0.39 is 0 Å². The van der Waals surface area contributed by atoms with Crippen molar-refractivity contribution in [1.82, 2.24) is 15.5 Å². The number of thiophene rings is 1. The molecule has 3 rings (SSSR count). The van der Waals surface area contributed by atoms with Crippen molar-refractivity contribution >= 4 is 29.2 Å². The third kappa shape index (κ3) is 2.99. The largest absolute Gasteiger partial charge is 0.352 e. The molecule has 2 aliphatic rings. The average molecular weight is 321 g/mol. The van der Waals surface area contributed by atoms with Gasteiger partial charge in [0.1, 0.15) is 0 Å². The van der Waals surface area contributed by atoms with Crippen LogP contribution in [0, 0.1) is 0 Å². The van der Waals surface area contributed by atoms with Crippen molar-refractivity contribution in [2.45, 2.75) is 32.1 Å². The first kappa shape index (κ1) is 15.0. The summed E-state index contributed by atoms with van der Waals surface area (Å²) in [5, 5.41) is 7.31. The maximum Gasteiger partial charge on any atom is 0.324 e. The summed E-state index contributed by atoms with van der Waals surface area (Å²) in [5.41, 5.74) is 2.01. The minimum absolute atomic E-state index is 0.0448. The van der Waals surface area contributed by atoms with Crippen molar-refractivity contribution in [1.29, 1.82) is 0 Å². The molecule has 1 fully saturated rings. The Morgan fingerprint density at radius 3 is 2.91 bits per heavy atom. The SMILES string of the molecule is O=C(NCCCN1C(=O)CNC1=O)c1csc2c1CCCC2. The number of aryl methyl sites for hydroxylation is 1. The number of amides is 4. The maximum absolute atomic E-state index is 12.2. The molecule has 1 aliphatic heterocycles. The maximum atomic E-state index is 12.2. The quantitative estimate of drug-likeness (QED) is 0.634. The summed E-state index contributed by atoms with van der Waals surface area (Å²) in [6.45, 7) is 0.874. The summed E-state index contributed by atoms with van der Waals surface area (Å²) in [6.07, 6.45) is 5.00. The average Bonchev–Trinajstić information content (AvgIpc) is 3.08. The Hall–Kier alpha value is -1.89. The van der Waals surface area contributed by atoms with E-state index in [0.717, 1.165) is 24.8 Å². The summed E-state index contributed by atoms with van der Waals surface area (Å²) in [4.78, 5) is 37.6. The third-order valence-corrected chi connectivity index (χ3v) is 5.18. The van der Waals surface area contributed by atoms with Gasteiger partial charge in [-0.1, -0.05) is 0 Å². The first-order valence-corrected chi connectivity index (χ1v) is 8.50. The molecule has 22 heavy (non-hydrogen) atoms. The molecule has 7 heteroatoms. The predicted octanol–water partition coefficient (Wildman–Crippen LogP) is 1.30. The summed E-state index contributed by atoms with van der Waals surface area (Å²) in [7, 11) is 0. The van der Waals surface area contributed by atoms with Gasteiger partial charge in [-0.25, -0.2) is 4.79 Å². The summed E-state index contributed by atoms with van der Waals surface area (Å²) >= 11 is 1.67. The number of carbonyl (C=O) groups excluding carboxylic acids is 3. The van der Waals surface area contributed by atoms with Crippen LogP contribution in [0.5, 0.6) is 0 Å². The standard InChI is InChI=1S/C15H19N3O3S/c19-13-8-17-15(21)18(13)7-3-6-16-14(20)11-9-22-12-5-2-1-4-10(11)12/h9H,1-8H2,(H,16,20)(H,17,21). The normalized spacial score (nSPS) is 17.4. The summed E-state index contributed by atoms with van der Waals surface area (Å²) in [6, 6.07) is -0.344. The fourth-order valence-electron chi connectivity index (χ4n) is 2.90. The highest BCUT2D eigenvalue weighted by atomic mass is 32.1. The Labute approximate surface area is 132 Å². The van der Waals surface area contributed by atoms with Gasteiger partial charge < -0.3 is 10.6 Å². The minimum atomic E-state index is -0.344. The van der Waals surface area contributed by atoms with E-state index in [1.165, 1.54) is 21.8 Å². The van der Waals surface area contributed by atoms with Crippen LogP contribution in [0.4, 0.5) is 4.79 Å². The van der Waals surface area contributed by atoms with Gasteiger partial charge in [-0.05, 0) is 37.7 Å². The number of hydrogen-bond donors (Lipinski definition) is 2.